The summed E-state index contributed by atoms with van der Waals surface area (Å²) in [4.78, 5) is 2.34. The molecule has 1 saturated heterocycles. The Hall–Kier alpha value is 0.464. The van der Waals surface area contributed by atoms with Crippen LogP contribution >= 0.6 is 0 Å². The molecule has 71 valence electrons. The van der Waals surface area contributed by atoms with E-state index in [2.05, 4.69) is 11.8 Å². The monoisotopic (exact) mass is 210 g/mol. The van der Waals surface area contributed by atoms with Crippen LogP contribution < -0.4 is 0 Å². The molecule has 0 aromatic rings. The van der Waals surface area contributed by atoms with Crippen LogP contribution in [0.1, 0.15) is 13.3 Å². The number of nitrogens with zero attached hydrogens (tertiary/aromatic N) is 1. The average Bonchev–Trinajstić information content (AvgIpc) is 2.01. The summed E-state index contributed by atoms with van der Waals surface area (Å²) in [6.45, 7) is 6.26. The van der Waals surface area contributed by atoms with Crippen molar-refractivity contribution < 1.29 is 28.4 Å². The summed E-state index contributed by atoms with van der Waals surface area (Å²) in [5, 5.41) is 8.60. The third-order valence-electron chi connectivity index (χ3n) is 1.96. The topological polar surface area (TPSA) is 32.7 Å². The Morgan fingerprint density at radius 3 is 2.92 bits per heavy atom. The summed E-state index contributed by atoms with van der Waals surface area (Å²) >= 11 is 0. The van der Waals surface area contributed by atoms with Crippen molar-refractivity contribution in [3.8, 4) is 0 Å². The quantitative estimate of drug-likeness (QED) is 0.716. The number of rotatable bonds is 3. The first-order valence-corrected chi connectivity index (χ1v) is 4.27. The predicted molar refractivity (Wildman–Crippen MR) is 43.6 cm³/mol. The van der Waals surface area contributed by atoms with E-state index in [1.54, 1.807) is 0 Å². The summed E-state index contributed by atoms with van der Waals surface area (Å²) in [6.07, 6.45) is 1.25. The maximum atomic E-state index is 8.60. The van der Waals surface area contributed by atoms with Crippen LogP contribution in [0, 0.1) is 0 Å². The standard InChI is InChI=1S/C8H17NO2.V/c1-8-7-9(3-2-5-10)4-6-11-8;/h8,10H,2-7H2,1H3;. The number of aliphatic hydroxyl groups is 1. The minimum atomic E-state index is 0. The molecular weight excluding hydrogens is 193 g/mol. The van der Waals surface area contributed by atoms with Crippen molar-refractivity contribution >= 4 is 0 Å². The number of hydrogen-bond acceptors (Lipinski definition) is 3. The van der Waals surface area contributed by atoms with E-state index in [4.69, 9.17) is 9.84 Å². The van der Waals surface area contributed by atoms with Gasteiger partial charge in [-0.3, -0.25) is 4.90 Å². The molecule has 0 aliphatic carbocycles. The molecule has 0 spiro atoms. The van der Waals surface area contributed by atoms with E-state index in [0.717, 1.165) is 32.7 Å². The van der Waals surface area contributed by atoms with Crippen LogP contribution in [0.2, 0.25) is 0 Å². The first kappa shape index (κ1) is 12.5. The van der Waals surface area contributed by atoms with Crippen molar-refractivity contribution in [1.29, 1.82) is 0 Å². The average molecular weight is 210 g/mol. The molecule has 1 rings (SSSR count). The van der Waals surface area contributed by atoms with Gasteiger partial charge in [-0.05, 0) is 13.3 Å². The Morgan fingerprint density at radius 2 is 2.33 bits per heavy atom. The fourth-order valence-corrected chi connectivity index (χ4v) is 1.39. The molecule has 0 aromatic heterocycles. The molecule has 4 heteroatoms. The maximum absolute atomic E-state index is 8.60. The Labute approximate surface area is 86.0 Å². The van der Waals surface area contributed by atoms with E-state index in [0.29, 0.717) is 12.7 Å². The van der Waals surface area contributed by atoms with Crippen molar-refractivity contribution in [1.82, 2.24) is 4.90 Å². The fourth-order valence-electron chi connectivity index (χ4n) is 1.39. The molecule has 1 atom stereocenters. The maximum Gasteiger partial charge on any atom is 0.0674 e. The van der Waals surface area contributed by atoms with Crippen LogP contribution in [-0.4, -0.2) is 49.0 Å². The zero-order valence-corrected chi connectivity index (χ0v) is 8.97. The van der Waals surface area contributed by atoms with Gasteiger partial charge in [-0.1, -0.05) is 0 Å². The normalized spacial score (nSPS) is 25.0. The van der Waals surface area contributed by atoms with Gasteiger partial charge < -0.3 is 9.84 Å². The van der Waals surface area contributed by atoms with Gasteiger partial charge >= 0.3 is 0 Å². The van der Waals surface area contributed by atoms with Crippen LogP contribution in [0.3, 0.4) is 0 Å². The summed E-state index contributed by atoms with van der Waals surface area (Å²) in [7, 11) is 0. The van der Waals surface area contributed by atoms with Crippen LogP contribution in [0.5, 0.6) is 0 Å². The van der Waals surface area contributed by atoms with E-state index < -0.39 is 0 Å². The van der Waals surface area contributed by atoms with Gasteiger partial charge in [-0.2, -0.15) is 0 Å². The third-order valence-corrected chi connectivity index (χ3v) is 1.96. The van der Waals surface area contributed by atoms with E-state index in [1.807, 2.05) is 0 Å². The summed E-state index contributed by atoms with van der Waals surface area (Å²) in [6, 6.07) is 0. The van der Waals surface area contributed by atoms with Crippen molar-refractivity contribution in [2.45, 2.75) is 19.4 Å². The first-order chi connectivity index (χ1) is 5.33. The third kappa shape index (κ3) is 4.48. The van der Waals surface area contributed by atoms with Gasteiger partial charge in [-0.25, -0.2) is 0 Å². The SMILES string of the molecule is CC1CN(CCCO)CCO1.[V]. The second-order valence-corrected chi connectivity index (χ2v) is 3.06. The van der Waals surface area contributed by atoms with Crippen LogP contribution in [-0.2, 0) is 23.3 Å². The number of hydrogen-bond donors (Lipinski definition) is 1. The molecule has 3 nitrogen and oxygen atoms in total. The zero-order valence-electron chi connectivity index (χ0n) is 7.57. The largest absolute Gasteiger partial charge is 0.396 e. The molecule has 0 saturated carbocycles. The van der Waals surface area contributed by atoms with Crippen LogP contribution in [0.4, 0.5) is 0 Å². The van der Waals surface area contributed by atoms with Gasteiger partial charge in [0.2, 0.25) is 0 Å². The molecule has 1 aliphatic heterocycles. The van der Waals surface area contributed by atoms with Gasteiger partial charge in [0.15, 0.2) is 0 Å². The van der Waals surface area contributed by atoms with Crippen LogP contribution in [0.15, 0.2) is 0 Å². The van der Waals surface area contributed by atoms with Crippen molar-refractivity contribution in [2.75, 3.05) is 32.8 Å². The Bertz CT molecular complexity index is 113. The summed E-state index contributed by atoms with van der Waals surface area (Å²) < 4.78 is 5.38. The molecule has 1 heterocycles. The molecule has 0 aromatic carbocycles. The Morgan fingerprint density at radius 1 is 1.58 bits per heavy atom. The zero-order chi connectivity index (χ0) is 8.10. The fraction of sp³-hybridized carbons (Fsp3) is 1.00. The Kier molecular flexibility index (Phi) is 7.19. The second kappa shape index (κ2) is 6.92. The van der Waals surface area contributed by atoms with Crippen molar-refractivity contribution in [3.63, 3.8) is 0 Å². The predicted octanol–water partition coefficient (Wildman–Crippen LogP) is 0.0870. The van der Waals surface area contributed by atoms with E-state index in [-0.39, 0.29) is 18.6 Å². The smallest absolute Gasteiger partial charge is 0.0674 e. The van der Waals surface area contributed by atoms with Gasteiger partial charge in [-0.15, -0.1) is 0 Å². The van der Waals surface area contributed by atoms with Gasteiger partial charge in [0.25, 0.3) is 0 Å². The van der Waals surface area contributed by atoms with E-state index in [1.165, 1.54) is 0 Å². The number of ether oxygens (including phenoxy) is 1. The number of aliphatic hydroxyl groups excluding tert-OH is 1. The van der Waals surface area contributed by atoms with Crippen molar-refractivity contribution in [3.05, 3.63) is 0 Å². The van der Waals surface area contributed by atoms with Crippen LogP contribution in [0.25, 0.3) is 0 Å². The van der Waals surface area contributed by atoms with Gasteiger partial charge in [0, 0.05) is 44.8 Å². The minimum absolute atomic E-state index is 0. The molecule has 1 unspecified atom stereocenters. The molecule has 0 amide bonds. The second-order valence-electron chi connectivity index (χ2n) is 3.06. The van der Waals surface area contributed by atoms with Crippen molar-refractivity contribution in [2.24, 2.45) is 0 Å². The molecule has 1 N–H and O–H groups in total. The molecule has 1 aliphatic rings. The first-order valence-electron chi connectivity index (χ1n) is 4.27. The molecular formula is C8H17NO2V. The summed E-state index contributed by atoms with van der Waals surface area (Å²) in [5.74, 6) is 0. The molecule has 1 radical (unpaired) electrons. The number of morpholine rings is 1. The molecule has 12 heavy (non-hydrogen) atoms. The van der Waals surface area contributed by atoms with E-state index in [9.17, 15) is 0 Å². The minimum Gasteiger partial charge on any atom is -0.396 e. The van der Waals surface area contributed by atoms with Gasteiger partial charge in [0.05, 0.1) is 12.7 Å². The molecule has 1 fully saturated rings. The summed E-state index contributed by atoms with van der Waals surface area (Å²) in [5.41, 5.74) is 0. The van der Waals surface area contributed by atoms with E-state index >= 15 is 0 Å². The Balaban J connectivity index is 0.00000121. The van der Waals surface area contributed by atoms with Gasteiger partial charge in [0.1, 0.15) is 0 Å². The molecule has 0 bridgehead atoms.